The molecule has 0 saturated carbocycles. The van der Waals surface area contributed by atoms with Crippen LogP contribution < -0.4 is 0 Å². The Balaban J connectivity index is 1.97. The summed E-state index contributed by atoms with van der Waals surface area (Å²) >= 11 is 0. The van der Waals surface area contributed by atoms with Gasteiger partial charge in [0.15, 0.2) is 0 Å². The fourth-order valence-electron chi connectivity index (χ4n) is 2.83. The Bertz CT molecular complexity index is 387. The Morgan fingerprint density at radius 2 is 2.16 bits per heavy atom. The molecule has 0 bridgehead atoms. The van der Waals surface area contributed by atoms with Gasteiger partial charge in [-0.05, 0) is 19.9 Å². The van der Waals surface area contributed by atoms with Crippen molar-refractivity contribution in [2.45, 2.75) is 25.0 Å². The van der Waals surface area contributed by atoms with Crippen molar-refractivity contribution >= 4 is 10.0 Å². The summed E-state index contributed by atoms with van der Waals surface area (Å²) in [6.45, 7) is 3.25. The van der Waals surface area contributed by atoms with Crippen LogP contribution in [-0.2, 0) is 19.5 Å². The summed E-state index contributed by atoms with van der Waals surface area (Å²) in [6.07, 6.45) is 1.59. The van der Waals surface area contributed by atoms with Gasteiger partial charge in [-0.1, -0.05) is 0 Å². The molecule has 0 aromatic heterocycles. The van der Waals surface area contributed by atoms with E-state index in [2.05, 4.69) is 4.90 Å². The van der Waals surface area contributed by atoms with E-state index in [0.717, 1.165) is 19.4 Å². The molecule has 19 heavy (non-hydrogen) atoms. The Morgan fingerprint density at radius 3 is 2.84 bits per heavy atom. The third-order valence-corrected chi connectivity index (χ3v) is 5.77. The van der Waals surface area contributed by atoms with Gasteiger partial charge < -0.3 is 14.4 Å². The zero-order chi connectivity index (χ0) is 13.9. The number of ether oxygens (including phenoxy) is 2. The SMILES string of the molecule is COCC1CCCN1S(=O)(=O)CC1CN(C)CCO1. The van der Waals surface area contributed by atoms with Gasteiger partial charge in [0.2, 0.25) is 10.0 Å². The molecule has 0 N–H and O–H groups in total. The second-order valence-electron chi connectivity index (χ2n) is 5.40. The lowest BCUT2D eigenvalue weighted by Gasteiger charge is -2.32. The number of hydrogen-bond acceptors (Lipinski definition) is 5. The third kappa shape index (κ3) is 3.88. The largest absolute Gasteiger partial charge is 0.383 e. The molecule has 6 nitrogen and oxygen atoms in total. The Labute approximate surface area is 115 Å². The molecule has 2 saturated heterocycles. The van der Waals surface area contributed by atoms with E-state index in [4.69, 9.17) is 9.47 Å². The maximum Gasteiger partial charge on any atom is 0.217 e. The summed E-state index contributed by atoms with van der Waals surface area (Å²) in [4.78, 5) is 2.11. The van der Waals surface area contributed by atoms with E-state index in [1.807, 2.05) is 7.05 Å². The summed E-state index contributed by atoms with van der Waals surface area (Å²) in [5, 5.41) is 0. The molecule has 0 aromatic carbocycles. The highest BCUT2D eigenvalue weighted by Crippen LogP contribution is 2.22. The fraction of sp³-hybridized carbons (Fsp3) is 1.00. The Hall–Kier alpha value is -0.210. The number of sulfonamides is 1. The normalized spacial score (nSPS) is 30.8. The number of hydrogen-bond donors (Lipinski definition) is 0. The van der Waals surface area contributed by atoms with E-state index in [0.29, 0.717) is 26.3 Å². The first-order chi connectivity index (χ1) is 9.03. The molecule has 0 amide bonds. The van der Waals surface area contributed by atoms with Gasteiger partial charge in [0.05, 0.1) is 25.1 Å². The van der Waals surface area contributed by atoms with Crippen molar-refractivity contribution in [3.63, 3.8) is 0 Å². The zero-order valence-electron chi connectivity index (χ0n) is 11.7. The standard InChI is InChI=1S/C12H24N2O4S/c1-13-6-7-18-12(8-13)10-19(15,16)14-5-3-4-11(14)9-17-2/h11-12H,3-10H2,1-2H3. The summed E-state index contributed by atoms with van der Waals surface area (Å²) in [7, 11) is 0.352. The number of methoxy groups -OCH3 is 1. The van der Waals surface area contributed by atoms with Crippen LogP contribution in [-0.4, -0.2) is 82.5 Å². The zero-order valence-corrected chi connectivity index (χ0v) is 12.6. The summed E-state index contributed by atoms with van der Waals surface area (Å²) in [5.41, 5.74) is 0. The van der Waals surface area contributed by atoms with Crippen LogP contribution in [0.4, 0.5) is 0 Å². The third-order valence-electron chi connectivity index (χ3n) is 3.78. The first-order valence-corrected chi connectivity index (χ1v) is 8.42. The number of morpholine rings is 1. The van der Waals surface area contributed by atoms with Crippen molar-refractivity contribution < 1.29 is 17.9 Å². The molecule has 2 rings (SSSR count). The maximum absolute atomic E-state index is 12.5. The van der Waals surface area contributed by atoms with Crippen LogP contribution in [0.15, 0.2) is 0 Å². The fourth-order valence-corrected chi connectivity index (χ4v) is 4.72. The first-order valence-electron chi connectivity index (χ1n) is 6.81. The van der Waals surface area contributed by atoms with Crippen molar-refractivity contribution in [2.75, 3.05) is 52.8 Å². The molecule has 0 aromatic rings. The molecule has 2 fully saturated rings. The van der Waals surface area contributed by atoms with E-state index in [-0.39, 0.29) is 17.9 Å². The lowest BCUT2D eigenvalue weighted by atomic mass is 10.2. The molecule has 112 valence electrons. The number of rotatable bonds is 5. The molecular formula is C12H24N2O4S. The Kier molecular flexibility index (Phi) is 5.19. The number of nitrogens with zero attached hydrogens (tertiary/aromatic N) is 2. The summed E-state index contributed by atoms with van der Waals surface area (Å²) in [6, 6.07) is -0.00341. The minimum atomic E-state index is -3.25. The van der Waals surface area contributed by atoms with Crippen LogP contribution in [0.2, 0.25) is 0 Å². The van der Waals surface area contributed by atoms with Gasteiger partial charge in [0.1, 0.15) is 0 Å². The van der Waals surface area contributed by atoms with Gasteiger partial charge in [-0.2, -0.15) is 4.31 Å². The molecular weight excluding hydrogens is 268 g/mol. The highest BCUT2D eigenvalue weighted by molar-refractivity contribution is 7.89. The molecule has 2 heterocycles. The maximum atomic E-state index is 12.5. The van der Waals surface area contributed by atoms with E-state index < -0.39 is 10.0 Å². The van der Waals surface area contributed by atoms with E-state index in [1.165, 1.54) is 0 Å². The average molecular weight is 292 g/mol. The molecule has 0 aliphatic carbocycles. The minimum Gasteiger partial charge on any atom is -0.383 e. The lowest BCUT2D eigenvalue weighted by molar-refractivity contribution is -0.00740. The Morgan fingerprint density at radius 1 is 1.37 bits per heavy atom. The quantitative estimate of drug-likeness (QED) is 0.700. The predicted octanol–water partition coefficient (Wildman–Crippen LogP) is -0.242. The first kappa shape index (κ1) is 15.2. The van der Waals surface area contributed by atoms with Gasteiger partial charge in [0.25, 0.3) is 0 Å². The van der Waals surface area contributed by atoms with Crippen molar-refractivity contribution in [3.8, 4) is 0 Å². The van der Waals surface area contributed by atoms with Crippen molar-refractivity contribution in [1.82, 2.24) is 9.21 Å². The summed E-state index contributed by atoms with van der Waals surface area (Å²) in [5.74, 6) is 0.0809. The van der Waals surface area contributed by atoms with Crippen LogP contribution in [0.1, 0.15) is 12.8 Å². The lowest BCUT2D eigenvalue weighted by Crippen LogP contribution is -2.47. The van der Waals surface area contributed by atoms with E-state index in [9.17, 15) is 8.42 Å². The second-order valence-corrected chi connectivity index (χ2v) is 7.36. The molecule has 2 unspecified atom stereocenters. The monoisotopic (exact) mass is 292 g/mol. The molecule has 7 heteroatoms. The topological polar surface area (TPSA) is 59.1 Å². The van der Waals surface area contributed by atoms with Gasteiger partial charge in [-0.15, -0.1) is 0 Å². The molecule has 2 aliphatic rings. The van der Waals surface area contributed by atoms with Crippen LogP contribution in [0, 0.1) is 0 Å². The second kappa shape index (κ2) is 6.49. The van der Waals surface area contributed by atoms with Crippen LogP contribution in [0.3, 0.4) is 0 Å². The van der Waals surface area contributed by atoms with E-state index in [1.54, 1.807) is 11.4 Å². The highest BCUT2D eigenvalue weighted by atomic mass is 32.2. The summed E-state index contributed by atoms with van der Waals surface area (Å²) < 4.78 is 37.2. The number of likely N-dealkylation sites (N-methyl/N-ethyl adjacent to an activating group) is 1. The van der Waals surface area contributed by atoms with Crippen LogP contribution in [0.25, 0.3) is 0 Å². The van der Waals surface area contributed by atoms with Crippen molar-refractivity contribution in [1.29, 1.82) is 0 Å². The van der Waals surface area contributed by atoms with E-state index >= 15 is 0 Å². The van der Waals surface area contributed by atoms with Gasteiger partial charge in [-0.3, -0.25) is 0 Å². The van der Waals surface area contributed by atoms with Crippen molar-refractivity contribution in [2.24, 2.45) is 0 Å². The van der Waals surface area contributed by atoms with Gasteiger partial charge >= 0.3 is 0 Å². The average Bonchev–Trinajstić information content (AvgIpc) is 2.78. The molecule has 0 spiro atoms. The molecule has 2 aliphatic heterocycles. The highest BCUT2D eigenvalue weighted by Gasteiger charge is 2.36. The minimum absolute atomic E-state index is 0.00341. The molecule has 0 radical (unpaired) electrons. The van der Waals surface area contributed by atoms with Gasteiger partial charge in [0, 0.05) is 32.8 Å². The molecule has 2 atom stereocenters. The van der Waals surface area contributed by atoms with Gasteiger partial charge in [-0.25, -0.2) is 8.42 Å². The van der Waals surface area contributed by atoms with Crippen LogP contribution >= 0.6 is 0 Å². The smallest absolute Gasteiger partial charge is 0.217 e. The van der Waals surface area contributed by atoms with Crippen molar-refractivity contribution in [3.05, 3.63) is 0 Å². The predicted molar refractivity (Wildman–Crippen MR) is 72.6 cm³/mol. The van der Waals surface area contributed by atoms with Crippen LogP contribution in [0.5, 0.6) is 0 Å².